The van der Waals surface area contributed by atoms with E-state index in [4.69, 9.17) is 6.42 Å². The fraction of sp³-hybridized carbons (Fsp3) is 0.429. The van der Waals surface area contributed by atoms with Gasteiger partial charge in [-0.25, -0.2) is 12.7 Å². The predicted octanol–water partition coefficient (Wildman–Crippen LogP) is 1.61. The van der Waals surface area contributed by atoms with E-state index in [0.29, 0.717) is 4.90 Å². The van der Waals surface area contributed by atoms with E-state index in [2.05, 4.69) is 11.2 Å². The van der Waals surface area contributed by atoms with E-state index in [9.17, 15) is 8.42 Å². The number of rotatable bonds is 5. The molecular formula is C14H20N2O2S. The molecule has 0 aliphatic carbocycles. The van der Waals surface area contributed by atoms with Crippen LogP contribution in [0.3, 0.4) is 0 Å². The van der Waals surface area contributed by atoms with E-state index >= 15 is 0 Å². The minimum atomic E-state index is -3.37. The molecular weight excluding hydrogens is 260 g/mol. The van der Waals surface area contributed by atoms with Gasteiger partial charge in [-0.2, -0.15) is 0 Å². The summed E-state index contributed by atoms with van der Waals surface area (Å²) in [6, 6.07) is 6.88. The van der Waals surface area contributed by atoms with E-state index in [-0.39, 0.29) is 12.1 Å². The lowest BCUT2D eigenvalue weighted by atomic mass is 10.1. The van der Waals surface area contributed by atoms with Crippen molar-refractivity contribution >= 4 is 10.0 Å². The highest BCUT2D eigenvalue weighted by Gasteiger charge is 2.17. The number of hydrogen-bond acceptors (Lipinski definition) is 3. The number of nitrogens with one attached hydrogen (secondary N) is 1. The first-order valence-electron chi connectivity index (χ1n) is 6.03. The zero-order chi connectivity index (χ0) is 14.6. The SMILES string of the molecule is C#CC(C)NC(C)c1ccc(S(=O)(=O)N(C)C)cc1. The molecule has 19 heavy (non-hydrogen) atoms. The lowest BCUT2D eigenvalue weighted by molar-refractivity contribution is 0.520. The third-order valence-corrected chi connectivity index (χ3v) is 4.74. The molecule has 2 atom stereocenters. The summed E-state index contributed by atoms with van der Waals surface area (Å²) in [4.78, 5) is 0.290. The number of terminal acetylenes is 1. The molecule has 104 valence electrons. The summed E-state index contributed by atoms with van der Waals surface area (Å²) in [5, 5.41) is 3.23. The Morgan fingerprint density at radius 2 is 1.74 bits per heavy atom. The molecule has 1 aromatic carbocycles. The van der Waals surface area contributed by atoms with Gasteiger partial charge in [-0.15, -0.1) is 6.42 Å². The second-order valence-corrected chi connectivity index (χ2v) is 6.79. The Hall–Kier alpha value is -1.35. The first-order valence-corrected chi connectivity index (χ1v) is 7.47. The Morgan fingerprint density at radius 1 is 1.21 bits per heavy atom. The van der Waals surface area contributed by atoms with Gasteiger partial charge in [0.1, 0.15) is 0 Å². The third-order valence-electron chi connectivity index (χ3n) is 2.91. The molecule has 1 N–H and O–H groups in total. The molecule has 0 heterocycles. The van der Waals surface area contributed by atoms with Crippen LogP contribution in [0.15, 0.2) is 29.2 Å². The summed E-state index contributed by atoms with van der Waals surface area (Å²) in [7, 11) is -0.335. The highest BCUT2D eigenvalue weighted by Crippen LogP contribution is 2.18. The monoisotopic (exact) mass is 280 g/mol. The maximum atomic E-state index is 11.9. The molecule has 1 rings (SSSR count). The van der Waals surface area contributed by atoms with E-state index in [0.717, 1.165) is 5.56 Å². The second-order valence-electron chi connectivity index (χ2n) is 4.63. The summed E-state index contributed by atoms with van der Waals surface area (Å²) in [6.07, 6.45) is 5.32. The smallest absolute Gasteiger partial charge is 0.242 e. The highest BCUT2D eigenvalue weighted by atomic mass is 32.2. The van der Waals surface area contributed by atoms with Crippen molar-refractivity contribution in [2.75, 3.05) is 14.1 Å². The van der Waals surface area contributed by atoms with Gasteiger partial charge in [0, 0.05) is 20.1 Å². The molecule has 1 aromatic rings. The van der Waals surface area contributed by atoms with Gasteiger partial charge in [0.05, 0.1) is 10.9 Å². The topological polar surface area (TPSA) is 49.4 Å². The van der Waals surface area contributed by atoms with Gasteiger partial charge in [0.25, 0.3) is 0 Å². The fourth-order valence-electron chi connectivity index (χ4n) is 1.66. The van der Waals surface area contributed by atoms with Crippen molar-refractivity contribution in [1.82, 2.24) is 9.62 Å². The zero-order valence-electron chi connectivity index (χ0n) is 11.7. The number of nitrogens with zero attached hydrogens (tertiary/aromatic N) is 1. The van der Waals surface area contributed by atoms with Gasteiger partial charge in [0.2, 0.25) is 10.0 Å². The molecule has 0 saturated heterocycles. The fourth-order valence-corrected chi connectivity index (χ4v) is 2.56. The van der Waals surface area contributed by atoms with Crippen molar-refractivity contribution < 1.29 is 8.42 Å². The third kappa shape index (κ3) is 3.80. The Bertz CT molecular complexity index is 556. The Kier molecular flexibility index (Phi) is 5.12. The molecule has 0 radical (unpaired) electrons. The second kappa shape index (κ2) is 6.20. The van der Waals surface area contributed by atoms with Crippen LogP contribution in [0.1, 0.15) is 25.5 Å². The van der Waals surface area contributed by atoms with Gasteiger partial charge >= 0.3 is 0 Å². The van der Waals surface area contributed by atoms with Crippen LogP contribution in [0.5, 0.6) is 0 Å². The molecule has 5 heteroatoms. The average molecular weight is 280 g/mol. The van der Waals surface area contributed by atoms with Crippen LogP contribution in [-0.2, 0) is 10.0 Å². The molecule has 0 bridgehead atoms. The normalized spacial score (nSPS) is 14.9. The number of hydrogen-bond donors (Lipinski definition) is 1. The van der Waals surface area contributed by atoms with Crippen molar-refractivity contribution in [3.05, 3.63) is 29.8 Å². The minimum Gasteiger partial charge on any atom is -0.297 e. The molecule has 0 amide bonds. The Labute approximate surface area is 115 Å². The van der Waals surface area contributed by atoms with Crippen LogP contribution in [-0.4, -0.2) is 32.9 Å². The van der Waals surface area contributed by atoms with Crippen molar-refractivity contribution in [3.8, 4) is 12.3 Å². The summed E-state index contributed by atoms with van der Waals surface area (Å²) in [5.41, 5.74) is 1.000. The van der Waals surface area contributed by atoms with E-state index in [1.54, 1.807) is 24.3 Å². The molecule has 0 aliphatic rings. The maximum absolute atomic E-state index is 11.9. The molecule has 2 unspecified atom stereocenters. The molecule has 0 saturated carbocycles. The summed E-state index contributed by atoms with van der Waals surface area (Å²) >= 11 is 0. The lowest BCUT2D eigenvalue weighted by Gasteiger charge is -2.17. The average Bonchev–Trinajstić information content (AvgIpc) is 2.38. The van der Waals surface area contributed by atoms with Crippen LogP contribution < -0.4 is 5.32 Å². The van der Waals surface area contributed by atoms with E-state index in [1.807, 2.05) is 13.8 Å². The van der Waals surface area contributed by atoms with Gasteiger partial charge in [-0.1, -0.05) is 18.1 Å². The quantitative estimate of drug-likeness (QED) is 0.834. The van der Waals surface area contributed by atoms with Gasteiger partial charge in [-0.3, -0.25) is 5.32 Å². The molecule has 0 aliphatic heterocycles. The standard InChI is InChI=1S/C14H20N2O2S/c1-6-11(2)15-12(3)13-7-9-14(10-8-13)19(17,18)16(4)5/h1,7-12,15H,2-5H3. The maximum Gasteiger partial charge on any atom is 0.242 e. The Morgan fingerprint density at radius 3 is 2.16 bits per heavy atom. The Balaban J connectivity index is 2.92. The largest absolute Gasteiger partial charge is 0.297 e. The first kappa shape index (κ1) is 15.7. The van der Waals surface area contributed by atoms with Gasteiger partial charge < -0.3 is 0 Å². The van der Waals surface area contributed by atoms with Crippen molar-refractivity contribution in [2.24, 2.45) is 0 Å². The van der Waals surface area contributed by atoms with Crippen LogP contribution >= 0.6 is 0 Å². The van der Waals surface area contributed by atoms with Crippen molar-refractivity contribution in [3.63, 3.8) is 0 Å². The van der Waals surface area contributed by atoms with E-state index in [1.165, 1.54) is 18.4 Å². The van der Waals surface area contributed by atoms with Gasteiger partial charge in [0.15, 0.2) is 0 Å². The van der Waals surface area contributed by atoms with E-state index < -0.39 is 10.0 Å². The summed E-state index contributed by atoms with van der Waals surface area (Å²) in [6.45, 7) is 3.89. The van der Waals surface area contributed by atoms with Crippen LogP contribution in [0.2, 0.25) is 0 Å². The summed E-state index contributed by atoms with van der Waals surface area (Å²) < 4.78 is 25.0. The number of benzene rings is 1. The van der Waals surface area contributed by atoms with Crippen LogP contribution in [0.4, 0.5) is 0 Å². The zero-order valence-corrected chi connectivity index (χ0v) is 12.5. The highest BCUT2D eigenvalue weighted by molar-refractivity contribution is 7.89. The minimum absolute atomic E-state index is 0.0276. The summed E-state index contributed by atoms with van der Waals surface area (Å²) in [5.74, 6) is 2.60. The predicted molar refractivity (Wildman–Crippen MR) is 77.2 cm³/mol. The molecule has 0 fully saturated rings. The van der Waals surface area contributed by atoms with Crippen LogP contribution in [0, 0.1) is 12.3 Å². The van der Waals surface area contributed by atoms with Crippen molar-refractivity contribution in [2.45, 2.75) is 30.8 Å². The molecule has 4 nitrogen and oxygen atoms in total. The molecule has 0 spiro atoms. The van der Waals surface area contributed by atoms with Gasteiger partial charge in [-0.05, 0) is 31.5 Å². The number of sulfonamides is 1. The van der Waals surface area contributed by atoms with Crippen LogP contribution in [0.25, 0.3) is 0 Å². The first-order chi connectivity index (χ1) is 8.78. The van der Waals surface area contributed by atoms with Crippen molar-refractivity contribution in [1.29, 1.82) is 0 Å². The lowest BCUT2D eigenvalue weighted by Crippen LogP contribution is -2.27. The molecule has 0 aromatic heterocycles.